The van der Waals surface area contributed by atoms with Crippen LogP contribution in [0, 0.1) is 25.2 Å². The number of hydrogen-bond acceptors (Lipinski definition) is 9. The van der Waals surface area contributed by atoms with Gasteiger partial charge in [-0.25, -0.2) is 4.98 Å². The van der Waals surface area contributed by atoms with Gasteiger partial charge in [-0.1, -0.05) is 24.3 Å². The number of rotatable bonds is 9. The molecule has 2 atom stereocenters. The van der Waals surface area contributed by atoms with Crippen LogP contribution in [0.3, 0.4) is 0 Å². The van der Waals surface area contributed by atoms with Crippen LogP contribution >= 0.6 is 0 Å². The van der Waals surface area contributed by atoms with Crippen LogP contribution in [0.4, 0.5) is 5.82 Å². The number of carbonyl (C=O) groups excluding carboxylic acids is 3. The SMILES string of the molecule is COC(=O)C12CC1CN(C)C2.Cc1cc2c(N)nccc2c(C)c1CNC(=O)/C(C=NCc1ccc(CC=O)cc1)=C/N. The molecule has 5 N–H and O–H groups in total. The highest BCUT2D eigenvalue weighted by atomic mass is 16.5. The fourth-order valence-corrected chi connectivity index (χ4v) is 5.83. The Balaban J connectivity index is 0.000000319. The Hall–Kier alpha value is -4.57. The number of ether oxygens (including phenoxy) is 1. The molecule has 10 heteroatoms. The van der Waals surface area contributed by atoms with Gasteiger partial charge in [0.1, 0.15) is 12.1 Å². The van der Waals surface area contributed by atoms with Crippen LogP contribution in [0.25, 0.3) is 10.8 Å². The number of methoxy groups -OCH3 is 1. The van der Waals surface area contributed by atoms with Gasteiger partial charge in [0.05, 0.1) is 24.6 Å². The number of hydrogen-bond donors (Lipinski definition) is 3. The van der Waals surface area contributed by atoms with Crippen LogP contribution in [0.1, 0.15) is 34.2 Å². The van der Waals surface area contributed by atoms with Gasteiger partial charge in [0.15, 0.2) is 0 Å². The van der Waals surface area contributed by atoms with E-state index in [1.54, 1.807) is 6.20 Å². The highest BCUT2D eigenvalue weighted by molar-refractivity contribution is 6.12. The van der Waals surface area contributed by atoms with Crippen molar-refractivity contribution in [2.45, 2.75) is 39.8 Å². The standard InChI is InChI=1S/C25H27N5O2.C8H13NO2/c1-16-11-22-21(7-9-29-24(22)27)17(2)23(16)15-30-25(32)20(12-26)14-28-13-19-5-3-18(4-6-19)8-10-31;1-9-4-6-3-8(6,5-9)7(10)11-2/h3-7,9-12,14H,8,13,15,26H2,1-2H3,(H2,27,29)(H,30,32);6H,3-5H2,1-2H3/b20-12+,28-14?;. The highest BCUT2D eigenvalue weighted by Gasteiger charge is 2.65. The second-order valence-corrected chi connectivity index (χ2v) is 11.3. The first-order valence-corrected chi connectivity index (χ1v) is 14.2. The Bertz CT molecular complexity index is 1570. The Morgan fingerprint density at radius 3 is 2.53 bits per heavy atom. The molecule has 1 amide bonds. The lowest BCUT2D eigenvalue weighted by atomic mass is 9.96. The molecule has 2 aromatic carbocycles. The van der Waals surface area contributed by atoms with Gasteiger partial charge in [-0.05, 0) is 78.6 Å². The van der Waals surface area contributed by atoms with Crippen molar-refractivity contribution in [1.82, 2.24) is 15.2 Å². The first-order chi connectivity index (χ1) is 20.6. The molecule has 10 nitrogen and oxygen atoms in total. The summed E-state index contributed by atoms with van der Waals surface area (Å²) in [4.78, 5) is 45.1. The van der Waals surface area contributed by atoms with E-state index in [2.05, 4.69) is 27.2 Å². The number of benzene rings is 2. The fraction of sp³-hybridized carbons (Fsp3) is 0.364. The number of nitrogens with zero attached hydrogens (tertiary/aromatic N) is 3. The lowest BCUT2D eigenvalue weighted by Crippen LogP contribution is -2.26. The van der Waals surface area contributed by atoms with Crippen molar-refractivity contribution >= 4 is 41.0 Å². The summed E-state index contributed by atoms with van der Waals surface area (Å²) in [5, 5.41) is 4.85. The number of pyridine rings is 1. The Kier molecular flexibility index (Phi) is 9.92. The summed E-state index contributed by atoms with van der Waals surface area (Å²) in [7, 11) is 3.53. The number of nitrogens with one attached hydrogen (secondary N) is 1. The van der Waals surface area contributed by atoms with E-state index in [1.807, 2.05) is 50.2 Å². The molecule has 3 aromatic rings. The Morgan fingerprint density at radius 2 is 1.91 bits per heavy atom. The van der Waals surface area contributed by atoms with Crippen molar-refractivity contribution in [3.63, 3.8) is 0 Å². The van der Waals surface area contributed by atoms with E-state index in [4.69, 9.17) is 16.2 Å². The normalized spacial score (nSPS) is 19.4. The maximum Gasteiger partial charge on any atom is 0.313 e. The lowest BCUT2D eigenvalue weighted by molar-refractivity contribution is -0.147. The van der Waals surface area contributed by atoms with Crippen molar-refractivity contribution in [3.8, 4) is 0 Å². The number of aryl methyl sites for hydroxylation is 2. The number of anilines is 1. The summed E-state index contributed by atoms with van der Waals surface area (Å²) in [5.41, 5.74) is 16.9. The molecule has 1 aromatic heterocycles. The molecule has 2 heterocycles. The molecule has 1 saturated heterocycles. The fourth-order valence-electron chi connectivity index (χ4n) is 5.83. The van der Waals surface area contributed by atoms with Gasteiger partial charge in [-0.3, -0.25) is 14.6 Å². The van der Waals surface area contributed by atoms with Crippen LogP contribution in [0.2, 0.25) is 0 Å². The predicted octanol–water partition coefficient (Wildman–Crippen LogP) is 3.02. The number of amides is 1. The van der Waals surface area contributed by atoms with Crippen LogP contribution in [-0.2, 0) is 38.6 Å². The van der Waals surface area contributed by atoms with Gasteiger partial charge < -0.3 is 31.2 Å². The minimum Gasteiger partial charge on any atom is -0.469 e. The Morgan fingerprint density at radius 1 is 1.19 bits per heavy atom. The number of nitrogens with two attached hydrogens (primary N) is 2. The monoisotopic (exact) mass is 584 g/mol. The third-order valence-corrected chi connectivity index (χ3v) is 8.34. The molecule has 2 fully saturated rings. The smallest absolute Gasteiger partial charge is 0.313 e. The zero-order valence-corrected chi connectivity index (χ0v) is 25.2. The van der Waals surface area contributed by atoms with E-state index >= 15 is 0 Å². The molecular weight excluding hydrogens is 544 g/mol. The number of fused-ring (bicyclic) bond motifs is 2. The molecule has 0 radical (unpaired) electrons. The number of aliphatic imine (C=N–C) groups is 1. The highest BCUT2D eigenvalue weighted by Crippen LogP contribution is 2.57. The van der Waals surface area contributed by atoms with Gasteiger partial charge in [0, 0.05) is 50.1 Å². The van der Waals surface area contributed by atoms with Gasteiger partial charge in [-0.15, -0.1) is 0 Å². The maximum absolute atomic E-state index is 12.6. The zero-order chi connectivity index (χ0) is 31.1. The average molecular weight is 585 g/mol. The van der Waals surface area contributed by atoms with Crippen molar-refractivity contribution in [3.05, 3.63) is 82.2 Å². The van der Waals surface area contributed by atoms with Gasteiger partial charge >= 0.3 is 5.97 Å². The molecule has 43 heavy (non-hydrogen) atoms. The molecule has 1 aliphatic heterocycles. The van der Waals surface area contributed by atoms with Crippen LogP contribution in [0.15, 0.2) is 59.4 Å². The molecular formula is C33H40N6O4. The van der Waals surface area contributed by atoms with E-state index in [0.717, 1.165) is 64.4 Å². The molecule has 0 bridgehead atoms. The third kappa shape index (κ3) is 7.09. The quantitative estimate of drug-likeness (QED) is 0.150. The molecule has 226 valence electrons. The predicted molar refractivity (Wildman–Crippen MR) is 168 cm³/mol. The van der Waals surface area contributed by atoms with Crippen LogP contribution in [-0.4, -0.2) is 61.5 Å². The molecule has 0 spiro atoms. The van der Waals surface area contributed by atoms with Crippen LogP contribution < -0.4 is 16.8 Å². The summed E-state index contributed by atoms with van der Waals surface area (Å²) in [5.74, 6) is 0.768. The van der Waals surface area contributed by atoms with Crippen LogP contribution in [0.5, 0.6) is 0 Å². The van der Waals surface area contributed by atoms with E-state index < -0.39 is 0 Å². The first kappa shape index (κ1) is 31.4. The third-order valence-electron chi connectivity index (χ3n) is 8.34. The largest absolute Gasteiger partial charge is 0.469 e. The van der Waals surface area contributed by atoms with E-state index in [1.165, 1.54) is 19.5 Å². The van der Waals surface area contributed by atoms with Gasteiger partial charge in [-0.2, -0.15) is 0 Å². The number of aldehydes is 1. The number of piperidine rings is 1. The second kappa shape index (κ2) is 13.6. The summed E-state index contributed by atoms with van der Waals surface area (Å²) < 4.78 is 4.76. The molecule has 2 unspecified atom stereocenters. The minimum atomic E-state index is -0.300. The van der Waals surface area contributed by atoms with Gasteiger partial charge in [0.25, 0.3) is 5.91 Å². The summed E-state index contributed by atoms with van der Waals surface area (Å²) in [6, 6.07) is 11.5. The number of carbonyl (C=O) groups is 3. The first-order valence-electron chi connectivity index (χ1n) is 14.2. The number of nitrogen functional groups attached to an aromatic ring is 1. The molecule has 1 saturated carbocycles. The minimum absolute atomic E-state index is 0.00755. The van der Waals surface area contributed by atoms with E-state index in [-0.39, 0.29) is 22.9 Å². The topological polar surface area (TPSA) is 153 Å². The second-order valence-electron chi connectivity index (χ2n) is 11.3. The van der Waals surface area contributed by atoms with Crippen molar-refractivity contribution in [2.75, 3.05) is 33.0 Å². The molecule has 2 aliphatic rings. The summed E-state index contributed by atoms with van der Waals surface area (Å²) in [6.07, 6.45) is 6.72. The lowest BCUT2D eigenvalue weighted by Gasteiger charge is -2.15. The summed E-state index contributed by atoms with van der Waals surface area (Å²) in [6.45, 7) is 6.72. The van der Waals surface area contributed by atoms with E-state index in [9.17, 15) is 14.4 Å². The van der Waals surface area contributed by atoms with Crippen molar-refractivity contribution in [1.29, 1.82) is 0 Å². The number of esters is 1. The average Bonchev–Trinajstić information content (AvgIpc) is 3.57. The van der Waals surface area contributed by atoms with E-state index in [0.29, 0.717) is 31.2 Å². The maximum atomic E-state index is 12.6. The van der Waals surface area contributed by atoms with Gasteiger partial charge in [0.2, 0.25) is 0 Å². The number of likely N-dealkylation sites (tertiary alicyclic amines) is 1. The molecule has 5 rings (SSSR count). The molecule has 1 aliphatic carbocycles. The summed E-state index contributed by atoms with van der Waals surface area (Å²) >= 11 is 0. The number of aromatic nitrogens is 1. The van der Waals surface area contributed by atoms with Crippen molar-refractivity contribution in [2.24, 2.45) is 22.1 Å². The van der Waals surface area contributed by atoms with Crippen molar-refractivity contribution < 1.29 is 19.1 Å². The zero-order valence-electron chi connectivity index (χ0n) is 25.2. The Labute approximate surface area is 252 Å².